The Morgan fingerprint density at radius 2 is 2.00 bits per heavy atom. The van der Waals surface area contributed by atoms with Crippen LogP contribution < -0.4 is 0 Å². The predicted molar refractivity (Wildman–Crippen MR) is 52.9 cm³/mol. The fourth-order valence-electron chi connectivity index (χ4n) is 0.951. The number of rotatable bonds is 3. The zero-order chi connectivity index (χ0) is 11.6. The van der Waals surface area contributed by atoms with Crippen LogP contribution >= 0.6 is 23.2 Å². The number of carbonyl (C=O) groups is 1. The van der Waals surface area contributed by atoms with Crippen molar-refractivity contribution in [2.75, 3.05) is 0 Å². The fraction of sp³-hybridized carbons (Fsp3) is 0.250. The average Bonchev–Trinajstić information content (AvgIpc) is 2.19. The Balaban J connectivity index is 3.04. The minimum absolute atomic E-state index is 0.0286. The summed E-state index contributed by atoms with van der Waals surface area (Å²) >= 11 is 11.2. The van der Waals surface area contributed by atoms with E-state index in [2.05, 4.69) is 4.98 Å². The van der Waals surface area contributed by atoms with Gasteiger partial charge in [0.05, 0.1) is 5.02 Å². The number of halogens is 2. The van der Waals surface area contributed by atoms with Gasteiger partial charge in [0.1, 0.15) is 11.3 Å². The molecule has 2 unspecified atom stereocenters. The molecular formula is C8H7Cl2NO4. The lowest BCUT2D eigenvalue weighted by molar-refractivity contribution is -0.153. The summed E-state index contributed by atoms with van der Waals surface area (Å²) in [6, 6.07) is 1.24. The van der Waals surface area contributed by atoms with Crippen LogP contribution in [0.15, 0.2) is 12.3 Å². The first-order chi connectivity index (χ1) is 6.93. The van der Waals surface area contributed by atoms with E-state index >= 15 is 0 Å². The van der Waals surface area contributed by atoms with Crippen LogP contribution in [0.4, 0.5) is 0 Å². The lowest BCUT2D eigenvalue weighted by Crippen LogP contribution is -2.27. The van der Waals surface area contributed by atoms with Crippen LogP contribution in [0.25, 0.3) is 0 Å². The summed E-state index contributed by atoms with van der Waals surface area (Å²) in [4.78, 5) is 14.0. The monoisotopic (exact) mass is 251 g/mol. The van der Waals surface area contributed by atoms with E-state index in [1.54, 1.807) is 0 Å². The van der Waals surface area contributed by atoms with Crippen molar-refractivity contribution in [1.29, 1.82) is 0 Å². The lowest BCUT2D eigenvalue weighted by atomic mass is 10.1. The highest BCUT2D eigenvalue weighted by molar-refractivity contribution is 6.32. The molecule has 1 aromatic rings. The van der Waals surface area contributed by atoms with Gasteiger partial charge in [-0.05, 0) is 6.07 Å². The Morgan fingerprint density at radius 3 is 2.53 bits per heavy atom. The second kappa shape index (κ2) is 4.76. The number of aliphatic hydroxyl groups is 2. The standard InChI is InChI=1S/C8H7Cl2NO4/c9-3-1-4(7(10)11-2-3)5(12)6(13)8(14)15/h1-2,5-6,12-13H,(H,14,15). The number of pyridine rings is 1. The van der Waals surface area contributed by atoms with Gasteiger partial charge in [0, 0.05) is 11.8 Å². The third-order valence-corrected chi connectivity index (χ3v) is 2.23. The molecule has 0 saturated carbocycles. The molecule has 0 spiro atoms. The van der Waals surface area contributed by atoms with Crippen molar-refractivity contribution >= 4 is 29.2 Å². The molecule has 7 heteroatoms. The van der Waals surface area contributed by atoms with Gasteiger partial charge in [0.2, 0.25) is 0 Å². The van der Waals surface area contributed by atoms with Crippen LogP contribution in [0.2, 0.25) is 10.2 Å². The smallest absolute Gasteiger partial charge is 0.335 e. The summed E-state index contributed by atoms with van der Waals surface area (Å²) in [6.45, 7) is 0. The summed E-state index contributed by atoms with van der Waals surface area (Å²) in [6.07, 6.45) is -2.39. The first kappa shape index (κ1) is 12.2. The number of carboxylic acid groups (broad SMARTS) is 1. The Kier molecular flexibility index (Phi) is 3.87. The van der Waals surface area contributed by atoms with Gasteiger partial charge in [0.15, 0.2) is 6.10 Å². The van der Waals surface area contributed by atoms with Crippen molar-refractivity contribution in [3.63, 3.8) is 0 Å². The molecule has 3 N–H and O–H groups in total. The van der Waals surface area contributed by atoms with Crippen molar-refractivity contribution < 1.29 is 20.1 Å². The molecule has 0 radical (unpaired) electrons. The van der Waals surface area contributed by atoms with Crippen LogP contribution in [0, 0.1) is 0 Å². The summed E-state index contributed by atoms with van der Waals surface area (Å²) in [5.41, 5.74) is -0.0286. The molecule has 0 fully saturated rings. The quantitative estimate of drug-likeness (QED) is 0.694. The highest BCUT2D eigenvalue weighted by Gasteiger charge is 2.27. The summed E-state index contributed by atoms with van der Waals surface area (Å²) < 4.78 is 0. The van der Waals surface area contributed by atoms with Gasteiger partial charge in [-0.15, -0.1) is 0 Å². The van der Waals surface area contributed by atoms with Gasteiger partial charge in [-0.1, -0.05) is 23.2 Å². The Hall–Kier alpha value is -0.880. The molecule has 0 amide bonds. The number of aliphatic carboxylic acids is 1. The average molecular weight is 252 g/mol. The van der Waals surface area contributed by atoms with Crippen LogP contribution in [-0.4, -0.2) is 32.4 Å². The second-order valence-corrected chi connectivity index (χ2v) is 3.56. The molecule has 0 aliphatic rings. The molecule has 82 valence electrons. The molecule has 0 saturated heterocycles. The van der Waals surface area contributed by atoms with Gasteiger partial charge >= 0.3 is 5.97 Å². The summed E-state index contributed by atoms with van der Waals surface area (Å²) in [5.74, 6) is -1.56. The van der Waals surface area contributed by atoms with Gasteiger partial charge in [-0.2, -0.15) is 0 Å². The van der Waals surface area contributed by atoms with Gasteiger partial charge in [0.25, 0.3) is 0 Å². The van der Waals surface area contributed by atoms with Crippen molar-refractivity contribution in [3.05, 3.63) is 28.0 Å². The zero-order valence-electron chi connectivity index (χ0n) is 7.26. The van der Waals surface area contributed by atoms with Crippen molar-refractivity contribution in [3.8, 4) is 0 Å². The maximum absolute atomic E-state index is 10.4. The number of aromatic nitrogens is 1. The SMILES string of the molecule is O=C(O)C(O)C(O)c1cc(Cl)cnc1Cl. The van der Waals surface area contributed by atoms with E-state index in [0.717, 1.165) is 0 Å². The molecule has 5 nitrogen and oxygen atoms in total. The van der Waals surface area contributed by atoms with Crippen LogP contribution in [0.1, 0.15) is 11.7 Å². The Labute approximate surface area is 94.9 Å². The van der Waals surface area contributed by atoms with E-state index in [1.165, 1.54) is 12.3 Å². The first-order valence-electron chi connectivity index (χ1n) is 3.83. The first-order valence-corrected chi connectivity index (χ1v) is 4.59. The second-order valence-electron chi connectivity index (χ2n) is 2.76. The van der Waals surface area contributed by atoms with E-state index in [9.17, 15) is 9.90 Å². The molecule has 1 rings (SSSR count). The molecule has 2 atom stereocenters. The van der Waals surface area contributed by atoms with E-state index < -0.39 is 18.2 Å². The van der Waals surface area contributed by atoms with E-state index in [-0.39, 0.29) is 15.7 Å². The number of hydrogen-bond donors (Lipinski definition) is 3. The Bertz CT molecular complexity index is 385. The molecule has 15 heavy (non-hydrogen) atoms. The predicted octanol–water partition coefficient (Wildman–Crippen LogP) is 0.867. The van der Waals surface area contributed by atoms with Gasteiger partial charge in [-0.25, -0.2) is 9.78 Å². The zero-order valence-corrected chi connectivity index (χ0v) is 8.77. The topological polar surface area (TPSA) is 90.7 Å². The number of nitrogens with zero attached hydrogens (tertiary/aromatic N) is 1. The normalized spacial score (nSPS) is 14.7. The molecule has 1 aromatic heterocycles. The Morgan fingerprint density at radius 1 is 1.40 bits per heavy atom. The minimum atomic E-state index is -1.97. The largest absolute Gasteiger partial charge is 0.479 e. The summed E-state index contributed by atoms with van der Waals surface area (Å²) in [5, 5.41) is 27.1. The van der Waals surface area contributed by atoms with E-state index in [1.807, 2.05) is 0 Å². The minimum Gasteiger partial charge on any atom is -0.479 e. The van der Waals surface area contributed by atoms with E-state index in [4.69, 9.17) is 33.4 Å². The number of aliphatic hydroxyl groups excluding tert-OH is 2. The molecular weight excluding hydrogens is 245 g/mol. The third-order valence-electron chi connectivity index (χ3n) is 1.70. The van der Waals surface area contributed by atoms with Crippen molar-refractivity contribution in [2.24, 2.45) is 0 Å². The number of hydrogen-bond acceptors (Lipinski definition) is 4. The lowest BCUT2D eigenvalue weighted by Gasteiger charge is -2.15. The third kappa shape index (κ3) is 2.79. The number of carboxylic acids is 1. The maximum Gasteiger partial charge on any atom is 0.335 e. The molecule has 0 bridgehead atoms. The molecule has 1 heterocycles. The van der Waals surface area contributed by atoms with Crippen LogP contribution in [0.5, 0.6) is 0 Å². The van der Waals surface area contributed by atoms with Crippen LogP contribution in [0.3, 0.4) is 0 Å². The van der Waals surface area contributed by atoms with Crippen LogP contribution in [-0.2, 0) is 4.79 Å². The van der Waals surface area contributed by atoms with Crippen molar-refractivity contribution in [1.82, 2.24) is 4.98 Å². The van der Waals surface area contributed by atoms with E-state index in [0.29, 0.717) is 0 Å². The molecule has 0 aliphatic heterocycles. The van der Waals surface area contributed by atoms with Crippen molar-refractivity contribution in [2.45, 2.75) is 12.2 Å². The highest BCUT2D eigenvalue weighted by atomic mass is 35.5. The van der Waals surface area contributed by atoms with Gasteiger partial charge in [-0.3, -0.25) is 0 Å². The maximum atomic E-state index is 10.4. The summed E-state index contributed by atoms with van der Waals surface area (Å²) in [7, 11) is 0. The molecule has 0 aromatic carbocycles. The van der Waals surface area contributed by atoms with Gasteiger partial charge < -0.3 is 15.3 Å². The fourth-order valence-corrected chi connectivity index (χ4v) is 1.33. The molecule has 0 aliphatic carbocycles. The highest BCUT2D eigenvalue weighted by Crippen LogP contribution is 2.26.